The van der Waals surface area contributed by atoms with Gasteiger partial charge in [0.2, 0.25) is 5.69 Å². The molecule has 25 heavy (non-hydrogen) atoms. The Hall–Kier alpha value is -2.45. The molecule has 8 heteroatoms. The van der Waals surface area contributed by atoms with Crippen LogP contribution in [0.1, 0.15) is 18.5 Å². The molecule has 0 saturated carbocycles. The third-order valence-electron chi connectivity index (χ3n) is 3.61. The maximum Gasteiger partial charge on any atom is 0.264 e. The topological polar surface area (TPSA) is 94.1 Å². The average Bonchev–Trinajstić information content (AvgIpc) is 2.57. The van der Waals surface area contributed by atoms with Crippen LogP contribution in [0.5, 0.6) is 5.75 Å². The predicted molar refractivity (Wildman–Crippen MR) is 96.4 cm³/mol. The highest BCUT2D eigenvalue weighted by molar-refractivity contribution is 7.85. The number of aryl methyl sites for hydroxylation is 1. The lowest BCUT2D eigenvalue weighted by Crippen LogP contribution is -2.38. The monoisotopic (exact) mass is 364 g/mol. The maximum absolute atomic E-state index is 10.7. The molecule has 0 atom stereocenters. The number of rotatable bonds is 8. The molecule has 0 bridgehead atoms. The molecule has 0 spiro atoms. The van der Waals surface area contributed by atoms with Gasteiger partial charge in [0.15, 0.2) is 6.20 Å². The number of phenolic OH excluding ortho intramolecular Hbond substituents is 1. The lowest BCUT2D eigenvalue weighted by Gasteiger charge is -2.12. The third kappa shape index (κ3) is 6.52. The van der Waals surface area contributed by atoms with Gasteiger partial charge in [0.1, 0.15) is 18.5 Å². The Morgan fingerprint density at radius 2 is 1.88 bits per heavy atom. The van der Waals surface area contributed by atoms with E-state index in [1.54, 1.807) is 35.5 Å². The van der Waals surface area contributed by atoms with Gasteiger partial charge in [0, 0.05) is 25.6 Å². The number of pyridine rings is 1. The van der Waals surface area contributed by atoms with Crippen LogP contribution in [0, 0.1) is 0 Å². The van der Waals surface area contributed by atoms with Crippen molar-refractivity contribution in [1.82, 2.24) is 0 Å². The summed E-state index contributed by atoms with van der Waals surface area (Å²) in [6.45, 7) is 0.626. The van der Waals surface area contributed by atoms with Crippen LogP contribution in [0.15, 0.2) is 53.8 Å². The van der Waals surface area contributed by atoms with Gasteiger partial charge in [-0.1, -0.05) is 0 Å². The summed E-state index contributed by atoms with van der Waals surface area (Å²) in [5, 5.41) is 15.4. The van der Waals surface area contributed by atoms with E-state index in [1.165, 1.54) is 0 Å². The Kier molecular flexibility index (Phi) is 6.49. The Morgan fingerprint density at radius 3 is 2.56 bits per heavy atom. The summed E-state index contributed by atoms with van der Waals surface area (Å²) in [6.07, 6.45) is 4.64. The van der Waals surface area contributed by atoms with Gasteiger partial charge < -0.3 is 5.11 Å². The van der Waals surface area contributed by atoms with Crippen LogP contribution < -0.4 is 9.58 Å². The molecule has 0 fully saturated rings. The van der Waals surface area contributed by atoms with Crippen molar-refractivity contribution in [1.29, 1.82) is 0 Å². The van der Waals surface area contributed by atoms with Crippen molar-refractivity contribution in [3.8, 4) is 5.75 Å². The van der Waals surface area contributed by atoms with Crippen molar-refractivity contribution in [3.05, 3.63) is 54.4 Å². The van der Waals surface area contributed by atoms with Gasteiger partial charge in [-0.25, -0.2) is 0 Å². The van der Waals surface area contributed by atoms with E-state index in [-0.39, 0.29) is 11.5 Å². The molecule has 0 amide bonds. The zero-order valence-electron chi connectivity index (χ0n) is 14.0. The molecule has 2 rings (SSSR count). The number of aromatic hydroxyl groups is 1. The number of benzene rings is 1. The number of unbranched alkanes of at least 4 members (excludes halogenated alkanes) is 1. The van der Waals surface area contributed by atoms with E-state index in [2.05, 4.69) is 5.10 Å². The van der Waals surface area contributed by atoms with E-state index in [1.807, 2.05) is 36.0 Å². The first-order valence-corrected chi connectivity index (χ1v) is 9.46. The van der Waals surface area contributed by atoms with E-state index >= 15 is 0 Å². The first kappa shape index (κ1) is 18.9. The Labute approximate surface area is 147 Å². The van der Waals surface area contributed by atoms with Crippen molar-refractivity contribution in [2.24, 2.45) is 5.10 Å². The summed E-state index contributed by atoms with van der Waals surface area (Å²) < 4.78 is 32.2. The molecule has 7 nitrogen and oxygen atoms in total. The average molecular weight is 364 g/mol. The van der Waals surface area contributed by atoms with Gasteiger partial charge >= 0.3 is 0 Å². The minimum Gasteiger partial charge on any atom is -0.508 e. The van der Waals surface area contributed by atoms with Gasteiger partial charge in [-0.2, -0.15) is 18.1 Å². The highest BCUT2D eigenvalue weighted by atomic mass is 32.2. The Bertz CT molecular complexity index is 820. The standard InChI is InChI=1S/C17H21N3O4S/c1-19(15-7-9-17(21)10-8-15)18-14-16-6-2-3-11-20(16)12-4-5-13-25(22,23)24/h2-3,6-11,14H,4-5,12-13H2,1H3,(H-,18,21,22,23,24)/p+1. The quantitative estimate of drug-likeness (QED) is 0.245. The second-order valence-electron chi connectivity index (χ2n) is 5.60. The van der Waals surface area contributed by atoms with Gasteiger partial charge in [0.05, 0.1) is 11.4 Å². The molecule has 1 aromatic carbocycles. The number of hydrogen-bond acceptors (Lipinski definition) is 5. The molecule has 1 heterocycles. The molecule has 1 aromatic heterocycles. The highest BCUT2D eigenvalue weighted by Crippen LogP contribution is 2.17. The minimum atomic E-state index is -3.90. The lowest BCUT2D eigenvalue weighted by molar-refractivity contribution is -0.698. The largest absolute Gasteiger partial charge is 0.508 e. The SMILES string of the molecule is CN(N=Cc1cccc[n+]1CCCCS(=O)(=O)O)c1ccc(O)cc1. The van der Waals surface area contributed by atoms with Crippen LogP contribution in [0.3, 0.4) is 0 Å². The van der Waals surface area contributed by atoms with Crippen LogP contribution >= 0.6 is 0 Å². The number of phenols is 1. The fourth-order valence-corrected chi connectivity index (χ4v) is 2.83. The molecule has 134 valence electrons. The molecule has 0 unspecified atom stereocenters. The summed E-state index contributed by atoms with van der Waals surface area (Å²) in [6, 6.07) is 12.4. The molecule has 0 aliphatic heterocycles. The predicted octanol–water partition coefficient (Wildman–Crippen LogP) is 1.82. The van der Waals surface area contributed by atoms with Crippen LogP contribution in [-0.2, 0) is 16.7 Å². The molecule has 2 aromatic rings. The summed E-state index contributed by atoms with van der Waals surface area (Å²) in [4.78, 5) is 0. The first-order chi connectivity index (χ1) is 11.8. The smallest absolute Gasteiger partial charge is 0.264 e. The molecule has 0 aliphatic carbocycles. The fraction of sp³-hybridized carbons (Fsp3) is 0.294. The molecule has 0 saturated heterocycles. The number of hydrazone groups is 1. The Morgan fingerprint density at radius 1 is 1.16 bits per heavy atom. The molecular formula is C17H22N3O4S+. The van der Waals surface area contributed by atoms with Crippen molar-refractivity contribution < 1.29 is 22.6 Å². The molecule has 0 aliphatic rings. The molecule has 2 N–H and O–H groups in total. The molecular weight excluding hydrogens is 342 g/mol. The number of anilines is 1. The second kappa shape index (κ2) is 8.59. The van der Waals surface area contributed by atoms with Crippen molar-refractivity contribution in [2.45, 2.75) is 19.4 Å². The summed E-state index contributed by atoms with van der Waals surface area (Å²) >= 11 is 0. The minimum absolute atomic E-state index is 0.201. The maximum atomic E-state index is 10.7. The zero-order valence-corrected chi connectivity index (χ0v) is 14.8. The third-order valence-corrected chi connectivity index (χ3v) is 4.42. The van der Waals surface area contributed by atoms with Gasteiger partial charge in [0.25, 0.3) is 10.1 Å². The zero-order chi connectivity index (χ0) is 18.3. The van der Waals surface area contributed by atoms with Gasteiger partial charge in [-0.3, -0.25) is 9.56 Å². The van der Waals surface area contributed by atoms with E-state index in [0.29, 0.717) is 19.4 Å². The van der Waals surface area contributed by atoms with Gasteiger partial charge in [-0.15, -0.1) is 0 Å². The van der Waals surface area contributed by atoms with E-state index in [9.17, 15) is 13.5 Å². The Balaban J connectivity index is 2.00. The normalized spacial score (nSPS) is 11.8. The van der Waals surface area contributed by atoms with Crippen LogP contribution in [0.2, 0.25) is 0 Å². The number of nitrogens with zero attached hydrogens (tertiary/aromatic N) is 3. The van der Waals surface area contributed by atoms with Crippen molar-refractivity contribution >= 4 is 22.0 Å². The fourth-order valence-electron chi connectivity index (χ4n) is 2.26. The van der Waals surface area contributed by atoms with E-state index < -0.39 is 10.1 Å². The summed E-state index contributed by atoms with van der Waals surface area (Å²) in [5.41, 5.74) is 1.71. The van der Waals surface area contributed by atoms with E-state index in [4.69, 9.17) is 4.55 Å². The van der Waals surface area contributed by atoms with Crippen LogP contribution in [0.4, 0.5) is 5.69 Å². The molecule has 0 radical (unpaired) electrons. The number of aromatic nitrogens is 1. The van der Waals surface area contributed by atoms with Gasteiger partial charge in [-0.05, 0) is 36.8 Å². The highest BCUT2D eigenvalue weighted by Gasteiger charge is 2.09. The lowest BCUT2D eigenvalue weighted by atomic mass is 10.3. The second-order valence-corrected chi connectivity index (χ2v) is 7.17. The van der Waals surface area contributed by atoms with Crippen molar-refractivity contribution in [3.63, 3.8) is 0 Å². The number of hydrogen-bond donors (Lipinski definition) is 2. The van der Waals surface area contributed by atoms with E-state index in [0.717, 1.165) is 11.4 Å². The summed E-state index contributed by atoms with van der Waals surface area (Å²) in [7, 11) is -2.10. The van der Waals surface area contributed by atoms with Crippen LogP contribution in [0.25, 0.3) is 0 Å². The van der Waals surface area contributed by atoms with Crippen molar-refractivity contribution in [2.75, 3.05) is 17.8 Å². The summed E-state index contributed by atoms with van der Waals surface area (Å²) in [5.74, 6) is -0.0279. The van der Waals surface area contributed by atoms with Crippen LogP contribution in [-0.4, -0.2) is 37.1 Å². The first-order valence-electron chi connectivity index (χ1n) is 7.85.